The summed E-state index contributed by atoms with van der Waals surface area (Å²) >= 11 is 5.61. The van der Waals surface area contributed by atoms with Crippen LogP contribution in [-0.2, 0) is 9.84 Å². The first-order valence-corrected chi connectivity index (χ1v) is 8.49. The highest BCUT2D eigenvalue weighted by molar-refractivity contribution is 7.91. The zero-order valence-corrected chi connectivity index (χ0v) is 13.4. The van der Waals surface area contributed by atoms with E-state index in [-0.39, 0.29) is 17.7 Å². The Hall–Kier alpha value is -1.09. The van der Waals surface area contributed by atoms with Crippen LogP contribution in [0.4, 0.5) is 0 Å². The van der Waals surface area contributed by atoms with Gasteiger partial charge in [0.25, 0.3) is 0 Å². The molecule has 0 heterocycles. The minimum absolute atomic E-state index is 0.0185. The maximum Gasteiger partial charge on any atom is 0.158 e. The number of hydrogen-bond donors (Lipinski definition) is 1. The fourth-order valence-electron chi connectivity index (χ4n) is 1.78. The average molecular weight is 315 g/mol. The normalized spacial score (nSPS) is 14.8. The second kappa shape index (κ2) is 7.07. The molecule has 1 aromatic carbocycles. The number of nitrogens with one attached hydrogen (secondary N) is 1. The summed E-state index contributed by atoms with van der Waals surface area (Å²) in [7, 11) is -3.32. The van der Waals surface area contributed by atoms with Crippen molar-refractivity contribution in [1.82, 2.24) is 4.84 Å². The molecule has 0 radical (unpaired) electrons. The topological polar surface area (TPSA) is 70.0 Å². The van der Waals surface area contributed by atoms with E-state index in [1.54, 1.807) is 31.2 Å². The van der Waals surface area contributed by atoms with Crippen LogP contribution in [0.5, 0.6) is 0 Å². The molecule has 0 aliphatic carbocycles. The van der Waals surface area contributed by atoms with E-state index in [0.29, 0.717) is 11.1 Å². The Morgan fingerprint density at radius 2 is 1.80 bits per heavy atom. The number of rotatable bonds is 6. The summed E-state index contributed by atoms with van der Waals surface area (Å²) in [6, 6.07) is 8.33. The lowest BCUT2D eigenvalue weighted by atomic mass is 10.1. The van der Waals surface area contributed by atoms with Crippen LogP contribution in [0, 0.1) is 17.2 Å². The largest absolute Gasteiger partial charge is 0.229 e. The van der Waals surface area contributed by atoms with Gasteiger partial charge < -0.3 is 0 Å². The van der Waals surface area contributed by atoms with Crippen LogP contribution >= 0.6 is 11.8 Å². The molecule has 2 atom stereocenters. The molecule has 1 N–H and O–H groups in total. The lowest BCUT2D eigenvalue weighted by Crippen LogP contribution is -2.36. The number of nitriles is 1. The van der Waals surface area contributed by atoms with Crippen LogP contribution in [-0.4, -0.2) is 20.2 Å². The summed E-state index contributed by atoms with van der Waals surface area (Å²) in [5.41, 5.74) is 1.20. The second-order valence-corrected chi connectivity index (χ2v) is 7.75. The minimum Gasteiger partial charge on any atom is -0.229 e. The molecule has 1 aromatic rings. The molecule has 0 saturated carbocycles. The molecule has 0 bridgehead atoms. The highest BCUT2D eigenvalue weighted by Gasteiger charge is 2.27. The number of hydrogen-bond acceptors (Lipinski definition) is 4. The third kappa shape index (κ3) is 4.20. The first-order chi connectivity index (χ1) is 9.31. The minimum atomic E-state index is -3.32. The lowest BCUT2D eigenvalue weighted by molar-refractivity contribution is 0.487. The van der Waals surface area contributed by atoms with Gasteiger partial charge in [0.15, 0.2) is 9.84 Å². The third-order valence-corrected chi connectivity index (χ3v) is 5.86. The Kier molecular flexibility index (Phi) is 6.00. The van der Waals surface area contributed by atoms with Gasteiger partial charge in [-0.2, -0.15) is 5.26 Å². The molecule has 20 heavy (non-hydrogen) atoms. The van der Waals surface area contributed by atoms with Gasteiger partial charge in [-0.3, -0.25) is 0 Å². The first kappa shape index (κ1) is 17.0. The molecule has 0 saturated heterocycles. The van der Waals surface area contributed by atoms with Gasteiger partial charge in [0.05, 0.1) is 22.6 Å². The van der Waals surface area contributed by atoms with E-state index in [4.69, 9.17) is 17.0 Å². The predicted octanol–water partition coefficient (Wildman–Crippen LogP) is 2.80. The van der Waals surface area contributed by atoms with Crippen LogP contribution in [0.15, 0.2) is 24.3 Å². The Labute approximate surface area is 125 Å². The van der Waals surface area contributed by atoms with Crippen molar-refractivity contribution in [1.29, 1.82) is 5.26 Å². The Morgan fingerprint density at radius 1 is 1.25 bits per heavy atom. The van der Waals surface area contributed by atoms with E-state index < -0.39 is 15.1 Å². The molecule has 0 unspecified atom stereocenters. The van der Waals surface area contributed by atoms with Crippen molar-refractivity contribution in [3.05, 3.63) is 35.4 Å². The summed E-state index contributed by atoms with van der Waals surface area (Å²) in [6.07, 6.45) is 0. The van der Waals surface area contributed by atoms with E-state index >= 15 is 0 Å². The summed E-state index contributed by atoms with van der Waals surface area (Å²) in [6.45, 7) is 5.49. The van der Waals surface area contributed by atoms with Gasteiger partial charge in [-0.1, -0.05) is 26.0 Å². The van der Waals surface area contributed by atoms with Gasteiger partial charge in [-0.05, 0) is 42.3 Å². The van der Waals surface area contributed by atoms with Crippen LogP contribution < -0.4 is 4.84 Å². The number of nitrogens with zero attached hydrogens (tertiary/aromatic N) is 1. The van der Waals surface area contributed by atoms with E-state index in [9.17, 15) is 8.42 Å². The molecule has 0 aliphatic heterocycles. The standard InChI is InChI=1S/C14H19ClN2O2S/c1-10(2)14(17-15)9-20(18,19)11(3)13-6-4-12(8-16)5-7-13/h4-7,10-11,14,17H,9H2,1-3H3/t11-,14+/m0/s1. The van der Waals surface area contributed by atoms with Crippen molar-refractivity contribution in [2.75, 3.05) is 5.75 Å². The lowest BCUT2D eigenvalue weighted by Gasteiger charge is -2.21. The van der Waals surface area contributed by atoms with Crippen molar-refractivity contribution in [3.63, 3.8) is 0 Å². The van der Waals surface area contributed by atoms with E-state index in [0.717, 1.165) is 0 Å². The summed E-state index contributed by atoms with van der Waals surface area (Å²) < 4.78 is 24.8. The molecule has 0 aliphatic rings. The van der Waals surface area contributed by atoms with Gasteiger partial charge >= 0.3 is 0 Å². The molecular weight excluding hydrogens is 296 g/mol. The molecule has 0 fully saturated rings. The van der Waals surface area contributed by atoms with Crippen LogP contribution in [0.25, 0.3) is 0 Å². The molecule has 0 spiro atoms. The fourth-order valence-corrected chi connectivity index (χ4v) is 4.03. The van der Waals surface area contributed by atoms with Gasteiger partial charge in [-0.25, -0.2) is 13.3 Å². The summed E-state index contributed by atoms with van der Waals surface area (Å²) in [5, 5.41) is 8.12. The average Bonchev–Trinajstić information content (AvgIpc) is 2.43. The Bertz CT molecular complexity index is 576. The molecule has 1 rings (SSSR count). The summed E-state index contributed by atoms with van der Waals surface area (Å²) in [4.78, 5) is 2.53. The highest BCUT2D eigenvalue weighted by atomic mass is 35.5. The molecule has 0 amide bonds. The highest BCUT2D eigenvalue weighted by Crippen LogP contribution is 2.24. The maximum atomic E-state index is 12.4. The van der Waals surface area contributed by atoms with Gasteiger partial charge in [0.1, 0.15) is 0 Å². The van der Waals surface area contributed by atoms with Crippen LogP contribution in [0.2, 0.25) is 0 Å². The van der Waals surface area contributed by atoms with E-state index in [1.807, 2.05) is 19.9 Å². The van der Waals surface area contributed by atoms with Crippen molar-refractivity contribution in [2.24, 2.45) is 5.92 Å². The van der Waals surface area contributed by atoms with Gasteiger partial charge in [0, 0.05) is 6.04 Å². The third-order valence-electron chi connectivity index (χ3n) is 3.40. The van der Waals surface area contributed by atoms with E-state index in [2.05, 4.69) is 4.84 Å². The van der Waals surface area contributed by atoms with Crippen LogP contribution in [0.1, 0.15) is 37.1 Å². The van der Waals surface area contributed by atoms with Gasteiger partial charge in [-0.15, -0.1) is 0 Å². The molecule has 4 nitrogen and oxygen atoms in total. The van der Waals surface area contributed by atoms with Crippen molar-refractivity contribution >= 4 is 21.6 Å². The number of benzene rings is 1. The predicted molar refractivity (Wildman–Crippen MR) is 81.0 cm³/mol. The molecule has 6 heteroatoms. The van der Waals surface area contributed by atoms with Crippen molar-refractivity contribution < 1.29 is 8.42 Å². The zero-order valence-electron chi connectivity index (χ0n) is 11.8. The SMILES string of the molecule is CC(C)[C@@H](CS(=O)(=O)[C@@H](C)c1ccc(C#N)cc1)NCl. The quantitative estimate of drug-likeness (QED) is 0.820. The second-order valence-electron chi connectivity index (χ2n) is 5.17. The first-order valence-electron chi connectivity index (χ1n) is 6.39. The molecular formula is C14H19ClN2O2S. The zero-order chi connectivity index (χ0) is 15.3. The smallest absolute Gasteiger partial charge is 0.158 e. The van der Waals surface area contributed by atoms with Crippen LogP contribution in [0.3, 0.4) is 0 Å². The number of halogens is 1. The molecule has 0 aromatic heterocycles. The molecule has 110 valence electrons. The Balaban J connectivity index is 2.93. The van der Waals surface area contributed by atoms with Crippen molar-refractivity contribution in [3.8, 4) is 6.07 Å². The number of sulfone groups is 1. The van der Waals surface area contributed by atoms with Crippen molar-refractivity contribution in [2.45, 2.75) is 32.1 Å². The summed E-state index contributed by atoms with van der Waals surface area (Å²) in [5.74, 6) is 0.102. The van der Waals surface area contributed by atoms with E-state index in [1.165, 1.54) is 0 Å². The maximum absolute atomic E-state index is 12.4. The monoisotopic (exact) mass is 314 g/mol. The fraction of sp³-hybridized carbons (Fsp3) is 0.500. The Morgan fingerprint density at radius 3 is 2.20 bits per heavy atom. The van der Waals surface area contributed by atoms with Gasteiger partial charge in [0.2, 0.25) is 0 Å².